The number of carbonyl (C=O) groups is 2. The molecule has 8 nitrogen and oxygen atoms in total. The Balaban J connectivity index is 0.000000429. The van der Waals surface area contributed by atoms with Crippen molar-refractivity contribution in [1.82, 2.24) is 15.2 Å². The Morgan fingerprint density at radius 2 is 1.77 bits per heavy atom. The quantitative estimate of drug-likeness (QED) is 0.477. The van der Waals surface area contributed by atoms with Gasteiger partial charge in [0.15, 0.2) is 5.58 Å². The number of aromatic amines is 1. The van der Waals surface area contributed by atoms with Crippen LogP contribution < -0.4 is 11.1 Å². The first-order valence-electron chi connectivity index (χ1n) is 10.7. The van der Waals surface area contributed by atoms with Gasteiger partial charge in [-0.25, -0.2) is 9.59 Å². The fourth-order valence-electron chi connectivity index (χ4n) is 3.71. The highest BCUT2D eigenvalue weighted by Crippen LogP contribution is 2.22. The van der Waals surface area contributed by atoms with Gasteiger partial charge in [-0.3, -0.25) is 9.78 Å². The smallest absolute Gasteiger partial charge is 0.475 e. The molecular weight excluding hydrogens is 491 g/mol. The molecule has 1 unspecified atom stereocenters. The molecule has 0 spiro atoms. The zero-order valence-corrected chi connectivity index (χ0v) is 19.3. The normalized spacial score (nSPS) is 15.4. The number of carboxylic acid groups (broad SMARTS) is 1. The highest BCUT2D eigenvalue weighted by Gasteiger charge is 2.38. The summed E-state index contributed by atoms with van der Waals surface area (Å²) in [4.78, 5) is 37.4. The van der Waals surface area contributed by atoms with Crippen LogP contribution >= 0.6 is 11.6 Å². The van der Waals surface area contributed by atoms with Crippen LogP contribution in [0.2, 0.25) is 5.02 Å². The molecule has 1 atom stereocenters. The highest BCUT2D eigenvalue weighted by atomic mass is 35.5. The molecule has 0 aliphatic carbocycles. The fourth-order valence-corrected chi connectivity index (χ4v) is 3.83. The summed E-state index contributed by atoms with van der Waals surface area (Å²) in [6.07, 6.45) is -3.30. The van der Waals surface area contributed by atoms with Gasteiger partial charge in [-0.1, -0.05) is 17.7 Å². The molecule has 4 rings (SSSR count). The molecule has 35 heavy (non-hydrogen) atoms. The fraction of sp³-hybridized carbons (Fsp3) is 0.348. The van der Waals surface area contributed by atoms with E-state index in [0.717, 1.165) is 31.5 Å². The monoisotopic (exact) mass is 513 g/mol. The molecule has 3 aromatic rings. The molecule has 3 N–H and O–H groups in total. The van der Waals surface area contributed by atoms with E-state index in [1.165, 1.54) is 0 Å². The lowest BCUT2D eigenvalue weighted by atomic mass is 10.0. The van der Waals surface area contributed by atoms with Crippen molar-refractivity contribution in [3.63, 3.8) is 0 Å². The number of nitrogens with one attached hydrogen (secondary N) is 2. The number of rotatable bonds is 4. The maximum atomic E-state index is 12.6. The van der Waals surface area contributed by atoms with E-state index in [0.29, 0.717) is 27.7 Å². The maximum absolute atomic E-state index is 12.6. The topological polar surface area (TPSA) is 116 Å². The Morgan fingerprint density at radius 1 is 1.17 bits per heavy atom. The maximum Gasteiger partial charge on any atom is 0.490 e. The third kappa shape index (κ3) is 7.09. The average molecular weight is 514 g/mol. The molecule has 188 valence electrons. The SMILES string of the molecule is CC(NC1CCN(C(=O)c2ccc(Cl)cc2)CC1)c1ccc2[nH]c(=O)oc2c1.O=C(O)C(F)(F)F. The van der Waals surface area contributed by atoms with Crippen LogP contribution in [-0.4, -0.2) is 52.2 Å². The molecule has 0 bridgehead atoms. The first-order valence-corrected chi connectivity index (χ1v) is 11.1. The third-order valence-electron chi connectivity index (χ3n) is 5.55. The van der Waals surface area contributed by atoms with E-state index in [-0.39, 0.29) is 11.9 Å². The van der Waals surface area contributed by atoms with E-state index < -0.39 is 17.9 Å². The zero-order chi connectivity index (χ0) is 25.8. The van der Waals surface area contributed by atoms with Crippen molar-refractivity contribution >= 4 is 34.6 Å². The number of alkyl halides is 3. The summed E-state index contributed by atoms with van der Waals surface area (Å²) in [5.74, 6) is -3.14. The number of nitrogens with zero attached hydrogens (tertiary/aromatic N) is 1. The lowest BCUT2D eigenvalue weighted by molar-refractivity contribution is -0.192. The van der Waals surface area contributed by atoms with Crippen molar-refractivity contribution < 1.29 is 32.3 Å². The molecule has 1 amide bonds. The standard InChI is InChI=1S/C21H22ClN3O3.C2HF3O2/c1-13(15-4-7-18-19(12-15)28-21(27)24-18)23-17-8-10-25(11-9-17)20(26)14-2-5-16(22)6-3-14;3-2(4,5)1(6)7/h2-7,12-13,17,23H,8-11H2,1H3,(H,24,27);(H,6,7). The second kappa shape index (κ2) is 11.0. The number of aromatic nitrogens is 1. The molecule has 0 saturated carbocycles. The van der Waals surface area contributed by atoms with Crippen molar-refractivity contribution in [3.05, 3.63) is 69.2 Å². The Morgan fingerprint density at radius 3 is 2.34 bits per heavy atom. The van der Waals surface area contributed by atoms with E-state index in [9.17, 15) is 22.8 Å². The van der Waals surface area contributed by atoms with Gasteiger partial charge in [0, 0.05) is 35.8 Å². The third-order valence-corrected chi connectivity index (χ3v) is 5.80. The molecule has 2 aromatic carbocycles. The lowest BCUT2D eigenvalue weighted by Gasteiger charge is -2.34. The molecular formula is C23H23ClF3N3O5. The largest absolute Gasteiger partial charge is 0.490 e. The number of fused-ring (bicyclic) bond motifs is 1. The molecule has 2 heterocycles. The van der Waals surface area contributed by atoms with E-state index >= 15 is 0 Å². The van der Waals surface area contributed by atoms with Gasteiger partial charge in [0.1, 0.15) is 0 Å². The summed E-state index contributed by atoms with van der Waals surface area (Å²) in [5, 5.41) is 11.4. The van der Waals surface area contributed by atoms with Gasteiger partial charge in [0.25, 0.3) is 5.91 Å². The number of piperidine rings is 1. The van der Waals surface area contributed by atoms with Gasteiger partial charge in [-0.2, -0.15) is 13.2 Å². The number of amides is 1. The molecule has 1 aliphatic heterocycles. The van der Waals surface area contributed by atoms with Crippen molar-refractivity contribution in [3.8, 4) is 0 Å². The van der Waals surface area contributed by atoms with Crippen molar-refractivity contribution in [2.75, 3.05) is 13.1 Å². The van der Waals surface area contributed by atoms with Gasteiger partial charge >= 0.3 is 17.9 Å². The first kappa shape index (κ1) is 26.3. The number of oxazole rings is 1. The summed E-state index contributed by atoms with van der Waals surface area (Å²) >= 11 is 5.90. The summed E-state index contributed by atoms with van der Waals surface area (Å²) in [6, 6.07) is 13.2. The second-order valence-electron chi connectivity index (χ2n) is 8.03. The number of hydrogen-bond acceptors (Lipinski definition) is 5. The van der Waals surface area contributed by atoms with Gasteiger partial charge in [0.05, 0.1) is 5.52 Å². The minimum Gasteiger partial charge on any atom is -0.475 e. The van der Waals surface area contributed by atoms with Crippen molar-refractivity contribution in [1.29, 1.82) is 0 Å². The number of benzene rings is 2. The zero-order valence-electron chi connectivity index (χ0n) is 18.6. The molecule has 1 aliphatic rings. The minimum absolute atomic E-state index is 0.0519. The number of carboxylic acids is 1. The highest BCUT2D eigenvalue weighted by molar-refractivity contribution is 6.30. The van der Waals surface area contributed by atoms with E-state index in [2.05, 4.69) is 17.2 Å². The summed E-state index contributed by atoms with van der Waals surface area (Å²) in [6.45, 7) is 3.53. The first-order chi connectivity index (χ1) is 16.4. The number of hydrogen-bond donors (Lipinski definition) is 3. The van der Waals surface area contributed by atoms with Crippen LogP contribution in [0, 0.1) is 0 Å². The van der Waals surface area contributed by atoms with Crippen molar-refractivity contribution in [2.24, 2.45) is 0 Å². The van der Waals surface area contributed by atoms with Crippen LogP contribution in [0.15, 0.2) is 51.7 Å². The van der Waals surface area contributed by atoms with Crippen LogP contribution in [0.5, 0.6) is 0 Å². The number of H-pyrrole nitrogens is 1. The van der Waals surface area contributed by atoms with E-state index in [1.807, 2.05) is 23.1 Å². The summed E-state index contributed by atoms with van der Waals surface area (Å²) in [5.41, 5.74) is 3.01. The predicted molar refractivity (Wildman–Crippen MR) is 122 cm³/mol. The van der Waals surface area contributed by atoms with Crippen LogP contribution in [-0.2, 0) is 4.79 Å². The molecule has 1 aromatic heterocycles. The van der Waals surface area contributed by atoms with Crippen LogP contribution in [0.3, 0.4) is 0 Å². The Bertz CT molecular complexity index is 1230. The second-order valence-corrected chi connectivity index (χ2v) is 8.47. The average Bonchev–Trinajstić information content (AvgIpc) is 3.18. The molecule has 12 heteroatoms. The number of carbonyl (C=O) groups excluding carboxylic acids is 1. The summed E-state index contributed by atoms with van der Waals surface area (Å²) < 4.78 is 36.9. The van der Waals surface area contributed by atoms with Gasteiger partial charge in [0.2, 0.25) is 0 Å². The molecule has 1 fully saturated rings. The molecule has 1 saturated heterocycles. The van der Waals surface area contributed by atoms with Crippen LogP contribution in [0.1, 0.15) is 41.7 Å². The van der Waals surface area contributed by atoms with E-state index in [1.54, 1.807) is 24.3 Å². The van der Waals surface area contributed by atoms with Crippen LogP contribution in [0.4, 0.5) is 13.2 Å². The molecule has 0 radical (unpaired) electrons. The number of aliphatic carboxylic acids is 1. The number of likely N-dealkylation sites (tertiary alicyclic amines) is 1. The number of halogens is 4. The minimum atomic E-state index is -5.08. The van der Waals surface area contributed by atoms with Gasteiger partial charge in [-0.05, 0) is 61.7 Å². The van der Waals surface area contributed by atoms with Crippen LogP contribution in [0.25, 0.3) is 11.1 Å². The van der Waals surface area contributed by atoms with Gasteiger partial charge < -0.3 is 19.7 Å². The Hall–Kier alpha value is -3.31. The Labute approximate surface area is 202 Å². The summed E-state index contributed by atoms with van der Waals surface area (Å²) in [7, 11) is 0. The lowest BCUT2D eigenvalue weighted by Crippen LogP contribution is -2.45. The predicted octanol–water partition coefficient (Wildman–Crippen LogP) is 4.36. The van der Waals surface area contributed by atoms with E-state index in [4.69, 9.17) is 25.9 Å². The Kier molecular flexibility index (Phi) is 8.23. The van der Waals surface area contributed by atoms with Gasteiger partial charge in [-0.15, -0.1) is 0 Å². The van der Waals surface area contributed by atoms with Crippen molar-refractivity contribution in [2.45, 2.75) is 38.0 Å².